The summed E-state index contributed by atoms with van der Waals surface area (Å²) in [5.41, 5.74) is 2.10. The number of methoxy groups -OCH3 is 1. The molecule has 0 aliphatic rings. The molecule has 0 saturated heterocycles. The molecule has 3 rings (SSSR count). The highest BCUT2D eigenvalue weighted by Gasteiger charge is 2.20. The van der Waals surface area contributed by atoms with Crippen molar-refractivity contribution in [2.24, 2.45) is 0 Å². The van der Waals surface area contributed by atoms with Gasteiger partial charge in [0.1, 0.15) is 6.61 Å². The number of ether oxygens (including phenoxy) is 3. The zero-order valence-corrected chi connectivity index (χ0v) is 20.2. The predicted octanol–water partition coefficient (Wildman–Crippen LogP) is 5.07. The van der Waals surface area contributed by atoms with Crippen molar-refractivity contribution in [1.82, 2.24) is 0 Å². The number of amides is 2. The second kappa shape index (κ2) is 11.9. The first-order chi connectivity index (χ1) is 16.8. The Labute approximate surface area is 208 Å². The number of anilines is 2. The van der Waals surface area contributed by atoms with Gasteiger partial charge in [0.25, 0.3) is 5.91 Å². The maximum Gasteiger partial charge on any atom is 0.339 e. The number of benzene rings is 3. The van der Waals surface area contributed by atoms with E-state index in [4.69, 9.17) is 25.8 Å². The van der Waals surface area contributed by atoms with Gasteiger partial charge in [-0.2, -0.15) is 0 Å². The van der Waals surface area contributed by atoms with Crippen LogP contribution in [0.2, 0.25) is 5.02 Å². The number of carbonyl (C=O) groups is 3. The highest BCUT2D eigenvalue weighted by Crippen LogP contribution is 2.30. The van der Waals surface area contributed by atoms with E-state index in [0.717, 1.165) is 5.56 Å². The van der Waals surface area contributed by atoms with Gasteiger partial charge in [0.15, 0.2) is 17.6 Å². The van der Waals surface area contributed by atoms with Gasteiger partial charge in [0.05, 0.1) is 12.7 Å². The topological polar surface area (TPSA) is 103 Å². The van der Waals surface area contributed by atoms with E-state index in [1.54, 1.807) is 36.4 Å². The Bertz CT molecular complexity index is 1210. The maximum absolute atomic E-state index is 12.6. The van der Waals surface area contributed by atoms with Crippen LogP contribution in [0, 0.1) is 0 Å². The fourth-order valence-corrected chi connectivity index (χ4v) is 3.24. The molecule has 0 heterocycles. The first-order valence-corrected chi connectivity index (χ1v) is 11.1. The van der Waals surface area contributed by atoms with Crippen LogP contribution in [0.4, 0.5) is 11.4 Å². The van der Waals surface area contributed by atoms with Crippen LogP contribution < -0.4 is 20.1 Å². The lowest BCUT2D eigenvalue weighted by atomic mass is 10.2. The van der Waals surface area contributed by atoms with Crippen molar-refractivity contribution >= 4 is 40.8 Å². The van der Waals surface area contributed by atoms with Crippen LogP contribution >= 0.6 is 11.6 Å². The number of halogens is 1. The van der Waals surface area contributed by atoms with Crippen LogP contribution in [-0.2, 0) is 20.9 Å². The van der Waals surface area contributed by atoms with E-state index in [9.17, 15) is 14.4 Å². The van der Waals surface area contributed by atoms with E-state index in [1.807, 2.05) is 18.2 Å². The largest absolute Gasteiger partial charge is 0.493 e. The van der Waals surface area contributed by atoms with Crippen molar-refractivity contribution in [3.63, 3.8) is 0 Å². The maximum atomic E-state index is 12.6. The van der Waals surface area contributed by atoms with Crippen LogP contribution in [0.25, 0.3) is 0 Å². The Morgan fingerprint density at radius 1 is 0.914 bits per heavy atom. The van der Waals surface area contributed by atoms with Gasteiger partial charge in [-0.25, -0.2) is 4.79 Å². The molecule has 0 radical (unpaired) electrons. The minimum Gasteiger partial charge on any atom is -0.493 e. The first kappa shape index (κ1) is 25.6. The third-order valence-electron chi connectivity index (χ3n) is 4.87. The van der Waals surface area contributed by atoms with Crippen molar-refractivity contribution in [3.8, 4) is 11.5 Å². The molecule has 8 nitrogen and oxygen atoms in total. The average molecular weight is 497 g/mol. The smallest absolute Gasteiger partial charge is 0.339 e. The molecule has 0 aliphatic heterocycles. The molecule has 0 fully saturated rings. The highest BCUT2D eigenvalue weighted by atomic mass is 35.5. The molecule has 1 unspecified atom stereocenters. The van der Waals surface area contributed by atoms with Crippen LogP contribution in [-0.4, -0.2) is 31.0 Å². The normalized spacial score (nSPS) is 11.2. The van der Waals surface area contributed by atoms with Gasteiger partial charge in [-0.15, -0.1) is 0 Å². The van der Waals surface area contributed by atoms with Gasteiger partial charge < -0.3 is 24.8 Å². The lowest BCUT2D eigenvalue weighted by Gasteiger charge is -2.15. The number of hydrogen-bond donors (Lipinski definition) is 2. The number of nitrogens with one attached hydrogen (secondary N) is 2. The monoisotopic (exact) mass is 496 g/mol. The van der Waals surface area contributed by atoms with Gasteiger partial charge in [0.2, 0.25) is 5.91 Å². The van der Waals surface area contributed by atoms with Crippen LogP contribution in [0.1, 0.15) is 29.8 Å². The Kier molecular flexibility index (Phi) is 8.69. The third kappa shape index (κ3) is 7.22. The molecule has 3 aromatic rings. The molecule has 0 spiro atoms. The van der Waals surface area contributed by atoms with Crippen LogP contribution in [0.15, 0.2) is 66.7 Å². The summed E-state index contributed by atoms with van der Waals surface area (Å²) in [6.07, 6.45) is -1.06. The first-order valence-electron chi connectivity index (χ1n) is 10.7. The molecule has 2 N–H and O–H groups in total. The lowest BCUT2D eigenvalue weighted by Crippen LogP contribution is -2.30. The highest BCUT2D eigenvalue weighted by molar-refractivity contribution is 6.31. The number of esters is 1. The summed E-state index contributed by atoms with van der Waals surface area (Å²) in [6.45, 7) is 3.10. The molecule has 9 heteroatoms. The fraction of sp³-hybridized carbons (Fsp3) is 0.192. The van der Waals surface area contributed by atoms with E-state index < -0.39 is 18.0 Å². The lowest BCUT2D eigenvalue weighted by molar-refractivity contribution is -0.123. The summed E-state index contributed by atoms with van der Waals surface area (Å²) >= 11 is 6.16. The molecular weight excluding hydrogens is 472 g/mol. The second-order valence-electron chi connectivity index (χ2n) is 7.54. The van der Waals surface area contributed by atoms with Gasteiger partial charge in [0, 0.05) is 28.9 Å². The third-order valence-corrected chi connectivity index (χ3v) is 5.23. The summed E-state index contributed by atoms with van der Waals surface area (Å²) in [4.78, 5) is 36.2. The molecule has 3 aromatic carbocycles. The predicted molar refractivity (Wildman–Crippen MR) is 133 cm³/mol. The summed E-state index contributed by atoms with van der Waals surface area (Å²) in [5.74, 6) is -0.624. The molecule has 0 saturated carbocycles. The number of hydrogen-bond acceptors (Lipinski definition) is 6. The Morgan fingerprint density at radius 3 is 2.20 bits per heavy atom. The standard InChI is InChI=1S/C26H25ClN2O6/c1-16(25(31)29-21-11-9-20(10-12-21)28-17(2)30)35-26(32)18-8-13-23(24(14-18)33-3)34-15-19-6-4-5-7-22(19)27/h4-14,16H,15H2,1-3H3,(H,28,30)(H,29,31). The summed E-state index contributed by atoms with van der Waals surface area (Å²) < 4.78 is 16.5. The molecule has 1 atom stereocenters. The van der Waals surface area contributed by atoms with Crippen LogP contribution in [0.3, 0.4) is 0 Å². The van der Waals surface area contributed by atoms with Gasteiger partial charge >= 0.3 is 5.97 Å². The quantitative estimate of drug-likeness (QED) is 0.401. The molecular formula is C26H25ClN2O6. The molecule has 182 valence electrons. The van der Waals surface area contributed by atoms with Gasteiger partial charge in [-0.05, 0) is 55.5 Å². The fourth-order valence-electron chi connectivity index (χ4n) is 3.05. The zero-order chi connectivity index (χ0) is 25.4. The van der Waals surface area contributed by atoms with E-state index in [0.29, 0.717) is 27.9 Å². The van der Waals surface area contributed by atoms with Gasteiger partial charge in [-0.1, -0.05) is 29.8 Å². The Balaban J connectivity index is 1.59. The Morgan fingerprint density at radius 2 is 1.57 bits per heavy atom. The number of rotatable bonds is 9. The summed E-state index contributed by atoms with van der Waals surface area (Å²) in [5, 5.41) is 5.89. The molecule has 0 bridgehead atoms. The molecule has 2 amide bonds. The van der Waals surface area contributed by atoms with E-state index in [2.05, 4.69) is 10.6 Å². The average Bonchev–Trinajstić information content (AvgIpc) is 2.84. The summed E-state index contributed by atoms with van der Waals surface area (Å²) in [6, 6.07) is 18.5. The molecule has 0 aromatic heterocycles. The van der Waals surface area contributed by atoms with Gasteiger partial charge in [-0.3, -0.25) is 9.59 Å². The van der Waals surface area contributed by atoms with Crippen molar-refractivity contribution in [1.29, 1.82) is 0 Å². The van der Waals surface area contributed by atoms with Crippen LogP contribution in [0.5, 0.6) is 11.5 Å². The summed E-state index contributed by atoms with van der Waals surface area (Å²) in [7, 11) is 1.46. The second-order valence-corrected chi connectivity index (χ2v) is 7.95. The molecule has 35 heavy (non-hydrogen) atoms. The van der Waals surface area contributed by atoms with Crippen molar-refractivity contribution in [3.05, 3.63) is 82.9 Å². The molecule has 0 aliphatic carbocycles. The SMILES string of the molecule is COc1cc(C(=O)OC(C)C(=O)Nc2ccc(NC(C)=O)cc2)ccc1OCc1ccccc1Cl. The van der Waals surface area contributed by atoms with E-state index >= 15 is 0 Å². The number of carbonyl (C=O) groups excluding carboxylic acids is 3. The minimum atomic E-state index is -1.06. The van der Waals surface area contributed by atoms with Crippen molar-refractivity contribution < 1.29 is 28.6 Å². The van der Waals surface area contributed by atoms with E-state index in [-0.39, 0.29) is 18.1 Å². The Hall–Kier alpha value is -4.04. The van der Waals surface area contributed by atoms with Crippen molar-refractivity contribution in [2.45, 2.75) is 26.6 Å². The van der Waals surface area contributed by atoms with E-state index in [1.165, 1.54) is 33.1 Å². The minimum absolute atomic E-state index is 0.195. The van der Waals surface area contributed by atoms with Crippen molar-refractivity contribution in [2.75, 3.05) is 17.7 Å². The zero-order valence-electron chi connectivity index (χ0n) is 19.5.